The zero-order valence-electron chi connectivity index (χ0n) is 12.5. The Morgan fingerprint density at radius 1 is 1.33 bits per heavy atom. The maximum absolute atomic E-state index is 12.8. The van der Waals surface area contributed by atoms with E-state index in [2.05, 4.69) is 5.32 Å². The Morgan fingerprint density at radius 2 is 1.95 bits per heavy atom. The SMILES string of the molecule is CC(CS(C)=O)N1CC(=O)NC(C)(c2ccccc2)C1=O. The summed E-state index contributed by atoms with van der Waals surface area (Å²) in [7, 11) is -1.02. The fraction of sp³-hybridized carbons (Fsp3) is 0.467. The highest BCUT2D eigenvalue weighted by atomic mass is 32.2. The lowest BCUT2D eigenvalue weighted by molar-refractivity contribution is -0.151. The molecule has 1 fully saturated rings. The van der Waals surface area contributed by atoms with E-state index in [-0.39, 0.29) is 24.4 Å². The van der Waals surface area contributed by atoms with E-state index in [9.17, 15) is 13.8 Å². The van der Waals surface area contributed by atoms with Gasteiger partial charge in [0.05, 0.1) is 6.54 Å². The van der Waals surface area contributed by atoms with Crippen LogP contribution >= 0.6 is 0 Å². The predicted octanol–water partition coefficient (Wildman–Crippen LogP) is 0.627. The first-order valence-electron chi connectivity index (χ1n) is 6.82. The van der Waals surface area contributed by atoms with Gasteiger partial charge in [0.2, 0.25) is 5.91 Å². The van der Waals surface area contributed by atoms with Crippen molar-refractivity contribution in [3.8, 4) is 0 Å². The summed E-state index contributed by atoms with van der Waals surface area (Å²) >= 11 is 0. The second kappa shape index (κ2) is 5.97. The Morgan fingerprint density at radius 3 is 2.52 bits per heavy atom. The van der Waals surface area contributed by atoms with Crippen molar-refractivity contribution in [3.63, 3.8) is 0 Å². The minimum absolute atomic E-state index is 0.0135. The molecular formula is C15H20N2O3S. The molecule has 2 amide bonds. The number of hydrogen-bond acceptors (Lipinski definition) is 3. The minimum atomic E-state index is -1.07. The van der Waals surface area contributed by atoms with Gasteiger partial charge in [-0.2, -0.15) is 0 Å². The smallest absolute Gasteiger partial charge is 0.253 e. The molecule has 0 bridgehead atoms. The second-order valence-electron chi connectivity index (χ2n) is 5.56. The van der Waals surface area contributed by atoms with E-state index in [1.807, 2.05) is 37.3 Å². The van der Waals surface area contributed by atoms with Gasteiger partial charge in [-0.3, -0.25) is 13.8 Å². The van der Waals surface area contributed by atoms with Gasteiger partial charge in [0, 0.05) is 28.9 Å². The lowest BCUT2D eigenvalue weighted by Gasteiger charge is -2.42. The van der Waals surface area contributed by atoms with E-state index in [4.69, 9.17) is 0 Å². The molecule has 0 saturated carbocycles. The van der Waals surface area contributed by atoms with Crippen molar-refractivity contribution in [2.75, 3.05) is 18.6 Å². The van der Waals surface area contributed by atoms with Crippen LogP contribution in [0.25, 0.3) is 0 Å². The van der Waals surface area contributed by atoms with Crippen molar-refractivity contribution < 1.29 is 13.8 Å². The zero-order chi connectivity index (χ0) is 15.6. The molecule has 21 heavy (non-hydrogen) atoms. The number of nitrogens with zero attached hydrogens (tertiary/aromatic N) is 1. The van der Waals surface area contributed by atoms with Gasteiger partial charge < -0.3 is 10.2 Å². The van der Waals surface area contributed by atoms with Crippen LogP contribution in [0.1, 0.15) is 19.4 Å². The van der Waals surface area contributed by atoms with Gasteiger partial charge in [-0.1, -0.05) is 30.3 Å². The van der Waals surface area contributed by atoms with Crippen molar-refractivity contribution in [1.82, 2.24) is 10.2 Å². The van der Waals surface area contributed by atoms with Crippen molar-refractivity contribution in [2.45, 2.75) is 25.4 Å². The quantitative estimate of drug-likeness (QED) is 0.887. The van der Waals surface area contributed by atoms with Crippen molar-refractivity contribution >= 4 is 22.6 Å². The lowest BCUT2D eigenvalue weighted by atomic mass is 9.88. The van der Waals surface area contributed by atoms with Crippen LogP contribution in [0.15, 0.2) is 30.3 Å². The molecule has 1 heterocycles. The van der Waals surface area contributed by atoms with Gasteiger partial charge >= 0.3 is 0 Å². The summed E-state index contributed by atoms with van der Waals surface area (Å²) in [5.74, 6) is 0.00473. The first kappa shape index (κ1) is 15.7. The number of carbonyl (C=O) groups excluding carboxylic acids is 2. The number of amides is 2. The fourth-order valence-electron chi connectivity index (χ4n) is 2.64. The summed E-state index contributed by atoms with van der Waals surface area (Å²) in [4.78, 5) is 26.4. The third kappa shape index (κ3) is 3.15. The zero-order valence-corrected chi connectivity index (χ0v) is 13.3. The average molecular weight is 308 g/mol. The Bertz CT molecular complexity index is 576. The monoisotopic (exact) mass is 308 g/mol. The van der Waals surface area contributed by atoms with Crippen LogP contribution in [0.2, 0.25) is 0 Å². The molecule has 0 spiro atoms. The molecule has 0 aromatic heterocycles. The highest BCUT2D eigenvalue weighted by Crippen LogP contribution is 2.27. The second-order valence-corrected chi connectivity index (χ2v) is 7.04. The van der Waals surface area contributed by atoms with E-state index < -0.39 is 16.3 Å². The maximum Gasteiger partial charge on any atom is 0.253 e. The van der Waals surface area contributed by atoms with Gasteiger partial charge in [0.1, 0.15) is 5.54 Å². The lowest BCUT2D eigenvalue weighted by Crippen LogP contribution is -2.65. The highest BCUT2D eigenvalue weighted by Gasteiger charge is 2.45. The van der Waals surface area contributed by atoms with Crippen LogP contribution in [-0.4, -0.2) is 45.5 Å². The number of nitrogens with one attached hydrogen (secondary N) is 1. The van der Waals surface area contributed by atoms with Crippen LogP contribution in [0.3, 0.4) is 0 Å². The van der Waals surface area contributed by atoms with Crippen molar-refractivity contribution in [3.05, 3.63) is 35.9 Å². The number of benzene rings is 1. The highest BCUT2D eigenvalue weighted by molar-refractivity contribution is 7.84. The normalized spacial score (nSPS) is 25.4. The van der Waals surface area contributed by atoms with E-state index >= 15 is 0 Å². The standard InChI is InChI=1S/C15H20N2O3S/c1-11(10-21(3)20)17-9-13(18)16-15(2,14(17)19)12-7-5-4-6-8-12/h4-8,11H,9-10H2,1-3H3,(H,16,18). The summed E-state index contributed by atoms with van der Waals surface area (Å²) in [5.41, 5.74) is -0.321. The number of rotatable bonds is 4. The predicted molar refractivity (Wildman–Crippen MR) is 82.0 cm³/mol. The van der Waals surface area contributed by atoms with Gasteiger partial charge in [-0.25, -0.2) is 0 Å². The third-order valence-electron chi connectivity index (χ3n) is 3.75. The maximum atomic E-state index is 12.8. The molecule has 6 heteroatoms. The fourth-order valence-corrected chi connectivity index (χ4v) is 3.50. The first-order chi connectivity index (χ1) is 9.84. The summed E-state index contributed by atoms with van der Waals surface area (Å²) in [6.07, 6.45) is 1.60. The topological polar surface area (TPSA) is 66.5 Å². The molecule has 1 N–H and O–H groups in total. The average Bonchev–Trinajstić information content (AvgIpc) is 2.43. The molecule has 0 radical (unpaired) electrons. The number of carbonyl (C=O) groups is 2. The molecule has 1 saturated heterocycles. The Balaban J connectivity index is 2.33. The summed E-state index contributed by atoms with van der Waals surface area (Å²) < 4.78 is 11.4. The minimum Gasteiger partial charge on any atom is -0.337 e. The van der Waals surface area contributed by atoms with Crippen LogP contribution in [0.5, 0.6) is 0 Å². The van der Waals surface area contributed by atoms with Gasteiger partial charge in [-0.05, 0) is 19.4 Å². The number of hydrogen-bond donors (Lipinski definition) is 1. The van der Waals surface area contributed by atoms with Crippen LogP contribution < -0.4 is 5.32 Å². The van der Waals surface area contributed by atoms with E-state index in [0.29, 0.717) is 5.75 Å². The van der Waals surface area contributed by atoms with Crippen molar-refractivity contribution in [1.29, 1.82) is 0 Å². The summed E-state index contributed by atoms with van der Waals surface area (Å²) in [5, 5.41) is 2.79. The van der Waals surface area contributed by atoms with Gasteiger partial charge in [0.25, 0.3) is 5.91 Å². The molecule has 0 aliphatic carbocycles. The van der Waals surface area contributed by atoms with Crippen LogP contribution in [0, 0.1) is 0 Å². The Kier molecular flexibility index (Phi) is 4.46. The first-order valence-corrected chi connectivity index (χ1v) is 8.55. The molecule has 3 unspecified atom stereocenters. The van der Waals surface area contributed by atoms with Crippen molar-refractivity contribution in [2.24, 2.45) is 0 Å². The van der Waals surface area contributed by atoms with E-state index in [1.54, 1.807) is 13.2 Å². The molecule has 5 nitrogen and oxygen atoms in total. The molecule has 114 valence electrons. The van der Waals surface area contributed by atoms with Gasteiger partial charge in [-0.15, -0.1) is 0 Å². The third-order valence-corrected chi connectivity index (χ3v) is 4.70. The number of piperazine rings is 1. The Labute approximate surface area is 127 Å². The van der Waals surface area contributed by atoms with E-state index in [1.165, 1.54) is 4.90 Å². The molecule has 2 rings (SSSR count). The molecular weight excluding hydrogens is 288 g/mol. The Hall–Kier alpha value is -1.69. The van der Waals surface area contributed by atoms with Crippen LogP contribution in [0.4, 0.5) is 0 Å². The summed E-state index contributed by atoms with van der Waals surface area (Å²) in [6.45, 7) is 3.55. The molecule has 1 aliphatic heterocycles. The molecule has 1 aromatic rings. The van der Waals surface area contributed by atoms with Crippen LogP contribution in [-0.2, 0) is 25.9 Å². The molecule has 1 aromatic carbocycles. The molecule has 3 atom stereocenters. The molecule has 1 aliphatic rings. The van der Waals surface area contributed by atoms with Gasteiger partial charge in [0.15, 0.2) is 0 Å². The largest absolute Gasteiger partial charge is 0.337 e. The summed E-state index contributed by atoms with van der Waals surface area (Å²) in [6, 6.07) is 8.95. The van der Waals surface area contributed by atoms with E-state index in [0.717, 1.165) is 5.56 Å².